The molecular weight excluding hydrogens is 378 g/mol. The van der Waals surface area contributed by atoms with Gasteiger partial charge in [0.25, 0.3) is 5.91 Å². The Hall–Kier alpha value is -3.68. The highest BCUT2D eigenvalue weighted by Gasteiger charge is 2.21. The maximum absolute atomic E-state index is 12.1. The Labute approximate surface area is 167 Å². The van der Waals surface area contributed by atoms with E-state index in [-0.39, 0.29) is 25.2 Å². The van der Waals surface area contributed by atoms with Crippen LogP contribution in [-0.2, 0) is 9.59 Å². The van der Waals surface area contributed by atoms with Gasteiger partial charge >= 0.3 is 5.97 Å². The van der Waals surface area contributed by atoms with E-state index in [1.165, 1.54) is 13.2 Å². The fourth-order valence-corrected chi connectivity index (χ4v) is 2.66. The van der Waals surface area contributed by atoms with E-state index in [1.54, 1.807) is 18.2 Å². The van der Waals surface area contributed by atoms with Crippen molar-refractivity contribution in [2.75, 3.05) is 26.9 Å². The van der Waals surface area contributed by atoms with Gasteiger partial charge in [-0.05, 0) is 35.9 Å². The molecule has 0 saturated heterocycles. The van der Waals surface area contributed by atoms with E-state index in [1.807, 2.05) is 24.3 Å². The predicted molar refractivity (Wildman–Crippen MR) is 105 cm³/mol. The van der Waals surface area contributed by atoms with Gasteiger partial charge in [0.05, 0.1) is 13.7 Å². The predicted octanol–water partition coefficient (Wildman–Crippen LogP) is 2.13. The number of fused-ring (bicyclic) bond motifs is 1. The highest BCUT2D eigenvalue weighted by atomic mass is 16.6. The van der Waals surface area contributed by atoms with E-state index in [0.29, 0.717) is 35.2 Å². The first kappa shape index (κ1) is 20.1. The minimum atomic E-state index is -1.04. The first-order chi connectivity index (χ1) is 14.0. The zero-order valence-electron chi connectivity index (χ0n) is 15.8. The summed E-state index contributed by atoms with van der Waals surface area (Å²) in [7, 11) is 1.46. The van der Waals surface area contributed by atoms with Crippen molar-refractivity contribution in [3.8, 4) is 23.0 Å². The standard InChI is InChI=1S/C21H21NO7/c1-26-19-10-14(7-9-21(24)25)6-8-17(19)28-13-20(23)22-11-15-12-27-16-4-2-3-5-18(16)29-15/h2-10,15H,11-13H2,1H3,(H,22,23)(H,24,25)/b9-7+/t15-/m1/s1. The molecule has 1 amide bonds. The second kappa shape index (κ2) is 9.50. The molecule has 0 aliphatic carbocycles. The minimum Gasteiger partial charge on any atom is -0.493 e. The van der Waals surface area contributed by atoms with E-state index >= 15 is 0 Å². The molecule has 0 unspecified atom stereocenters. The van der Waals surface area contributed by atoms with E-state index in [2.05, 4.69) is 5.32 Å². The third kappa shape index (κ3) is 5.65. The van der Waals surface area contributed by atoms with Gasteiger partial charge in [0.1, 0.15) is 12.7 Å². The van der Waals surface area contributed by atoms with Crippen LogP contribution in [0.1, 0.15) is 5.56 Å². The maximum atomic E-state index is 12.1. The summed E-state index contributed by atoms with van der Waals surface area (Å²) < 4.78 is 22.1. The van der Waals surface area contributed by atoms with Gasteiger partial charge in [-0.2, -0.15) is 0 Å². The molecule has 0 aromatic heterocycles. The Kier molecular flexibility index (Phi) is 6.57. The lowest BCUT2D eigenvalue weighted by atomic mass is 10.2. The van der Waals surface area contributed by atoms with Crippen LogP contribution in [0.25, 0.3) is 6.08 Å². The van der Waals surface area contributed by atoms with E-state index in [4.69, 9.17) is 24.1 Å². The summed E-state index contributed by atoms with van der Waals surface area (Å²) in [4.78, 5) is 22.7. The van der Waals surface area contributed by atoms with E-state index in [0.717, 1.165) is 6.08 Å². The van der Waals surface area contributed by atoms with Crippen LogP contribution in [0.15, 0.2) is 48.5 Å². The van der Waals surface area contributed by atoms with Gasteiger partial charge in [-0.3, -0.25) is 4.79 Å². The Morgan fingerprint density at radius 3 is 2.76 bits per heavy atom. The van der Waals surface area contributed by atoms with Gasteiger partial charge < -0.3 is 29.4 Å². The smallest absolute Gasteiger partial charge is 0.328 e. The summed E-state index contributed by atoms with van der Waals surface area (Å²) >= 11 is 0. The van der Waals surface area contributed by atoms with Crippen LogP contribution < -0.4 is 24.3 Å². The molecule has 2 aromatic carbocycles. The van der Waals surface area contributed by atoms with Crippen molar-refractivity contribution in [2.24, 2.45) is 0 Å². The molecule has 152 valence electrons. The van der Waals surface area contributed by atoms with Crippen molar-refractivity contribution >= 4 is 18.0 Å². The number of carbonyl (C=O) groups is 2. The number of amides is 1. The number of benzene rings is 2. The Morgan fingerprint density at radius 1 is 1.21 bits per heavy atom. The van der Waals surface area contributed by atoms with Crippen LogP contribution in [0.4, 0.5) is 0 Å². The van der Waals surface area contributed by atoms with Crippen molar-refractivity contribution in [1.29, 1.82) is 0 Å². The summed E-state index contributed by atoms with van der Waals surface area (Å²) in [6, 6.07) is 12.3. The second-order valence-corrected chi connectivity index (χ2v) is 6.17. The van der Waals surface area contributed by atoms with Crippen molar-refractivity contribution in [3.63, 3.8) is 0 Å². The van der Waals surface area contributed by atoms with Crippen molar-refractivity contribution < 1.29 is 33.6 Å². The van der Waals surface area contributed by atoms with Crippen molar-refractivity contribution in [3.05, 3.63) is 54.1 Å². The van der Waals surface area contributed by atoms with Crippen LogP contribution in [0.3, 0.4) is 0 Å². The monoisotopic (exact) mass is 399 g/mol. The molecule has 2 aromatic rings. The number of hydrogen-bond acceptors (Lipinski definition) is 6. The van der Waals surface area contributed by atoms with Crippen LogP contribution in [0.2, 0.25) is 0 Å². The molecule has 2 N–H and O–H groups in total. The van der Waals surface area contributed by atoms with E-state index < -0.39 is 5.97 Å². The fraction of sp³-hybridized carbons (Fsp3) is 0.238. The highest BCUT2D eigenvalue weighted by molar-refractivity contribution is 5.85. The number of para-hydroxylation sites is 2. The third-order valence-corrected chi connectivity index (χ3v) is 4.06. The molecule has 1 aliphatic rings. The van der Waals surface area contributed by atoms with Gasteiger partial charge in [-0.15, -0.1) is 0 Å². The van der Waals surface area contributed by atoms with Gasteiger partial charge in [0.2, 0.25) is 0 Å². The molecule has 0 fully saturated rings. The molecular formula is C21H21NO7. The maximum Gasteiger partial charge on any atom is 0.328 e. The number of ether oxygens (including phenoxy) is 4. The van der Waals surface area contributed by atoms with Crippen LogP contribution in [0, 0.1) is 0 Å². The van der Waals surface area contributed by atoms with E-state index in [9.17, 15) is 9.59 Å². The molecule has 1 heterocycles. The summed E-state index contributed by atoms with van der Waals surface area (Å²) in [5, 5.41) is 11.4. The van der Waals surface area contributed by atoms with Crippen molar-refractivity contribution in [1.82, 2.24) is 5.32 Å². The Bertz CT molecular complexity index is 910. The zero-order chi connectivity index (χ0) is 20.6. The third-order valence-electron chi connectivity index (χ3n) is 4.06. The topological polar surface area (TPSA) is 103 Å². The normalized spacial score (nSPS) is 15.0. The first-order valence-electron chi connectivity index (χ1n) is 8.92. The average molecular weight is 399 g/mol. The van der Waals surface area contributed by atoms with Gasteiger partial charge in [0.15, 0.2) is 29.6 Å². The first-order valence-corrected chi connectivity index (χ1v) is 8.92. The summed E-state index contributed by atoms with van der Waals surface area (Å²) in [5.74, 6) is 0.747. The molecule has 1 atom stereocenters. The number of carboxylic acid groups (broad SMARTS) is 1. The van der Waals surface area contributed by atoms with Crippen LogP contribution >= 0.6 is 0 Å². The highest BCUT2D eigenvalue weighted by Crippen LogP contribution is 2.31. The number of hydrogen-bond donors (Lipinski definition) is 2. The number of carboxylic acids is 1. The molecule has 8 nitrogen and oxygen atoms in total. The Morgan fingerprint density at radius 2 is 2.00 bits per heavy atom. The molecule has 0 bridgehead atoms. The quantitative estimate of drug-likeness (QED) is 0.656. The molecule has 0 spiro atoms. The largest absolute Gasteiger partial charge is 0.493 e. The Balaban J connectivity index is 1.48. The second-order valence-electron chi connectivity index (χ2n) is 6.17. The summed E-state index contributed by atoms with van der Waals surface area (Å²) in [6.07, 6.45) is 2.17. The lowest BCUT2D eigenvalue weighted by molar-refractivity contribution is -0.131. The van der Waals surface area contributed by atoms with Gasteiger partial charge in [0, 0.05) is 6.08 Å². The van der Waals surface area contributed by atoms with Crippen LogP contribution in [-0.4, -0.2) is 50.0 Å². The average Bonchev–Trinajstić information content (AvgIpc) is 2.74. The number of methoxy groups -OCH3 is 1. The molecule has 29 heavy (non-hydrogen) atoms. The van der Waals surface area contributed by atoms with Gasteiger partial charge in [-0.1, -0.05) is 18.2 Å². The zero-order valence-corrected chi connectivity index (χ0v) is 15.8. The minimum absolute atomic E-state index is 0.204. The molecule has 0 saturated carbocycles. The van der Waals surface area contributed by atoms with Crippen LogP contribution in [0.5, 0.6) is 23.0 Å². The number of rotatable bonds is 8. The summed E-state index contributed by atoms with van der Waals surface area (Å²) in [5.41, 5.74) is 0.635. The SMILES string of the molecule is COc1cc(/C=C/C(=O)O)ccc1OCC(=O)NC[C@@H]1COc2ccccc2O1. The number of aliphatic carboxylic acids is 1. The lowest BCUT2D eigenvalue weighted by Crippen LogP contribution is -2.42. The number of nitrogens with one attached hydrogen (secondary N) is 1. The lowest BCUT2D eigenvalue weighted by Gasteiger charge is -2.26. The number of carbonyl (C=O) groups excluding carboxylic acids is 1. The molecule has 1 aliphatic heterocycles. The molecule has 3 rings (SSSR count). The van der Waals surface area contributed by atoms with Crippen molar-refractivity contribution in [2.45, 2.75) is 6.10 Å². The van der Waals surface area contributed by atoms with Gasteiger partial charge in [-0.25, -0.2) is 4.79 Å². The fourth-order valence-electron chi connectivity index (χ4n) is 2.66. The molecule has 0 radical (unpaired) electrons. The molecule has 8 heteroatoms. The summed E-state index contributed by atoms with van der Waals surface area (Å²) in [6.45, 7) is 0.425.